The van der Waals surface area contributed by atoms with E-state index in [0.29, 0.717) is 30.9 Å². The van der Waals surface area contributed by atoms with Crippen LogP contribution in [0.15, 0.2) is 57.7 Å². The van der Waals surface area contributed by atoms with Gasteiger partial charge < -0.3 is 19.2 Å². The molecule has 164 valence electrons. The number of nitrogens with one attached hydrogen (secondary N) is 1. The van der Waals surface area contributed by atoms with Crippen LogP contribution in [0, 0.1) is 0 Å². The smallest absolute Gasteiger partial charge is 0.420 e. The Hall–Kier alpha value is -3.10. The summed E-state index contributed by atoms with van der Waals surface area (Å²) < 4.78 is 17.4. The number of para-hydroxylation sites is 2. The Morgan fingerprint density at radius 3 is 2.55 bits per heavy atom. The first kappa shape index (κ1) is 21.1. The summed E-state index contributed by atoms with van der Waals surface area (Å²) in [6.07, 6.45) is 0. The lowest BCUT2D eigenvalue weighted by molar-refractivity contribution is -0.124. The van der Waals surface area contributed by atoms with Crippen molar-refractivity contribution in [3.63, 3.8) is 0 Å². The van der Waals surface area contributed by atoms with E-state index in [2.05, 4.69) is 10.2 Å². The van der Waals surface area contributed by atoms with Crippen LogP contribution in [0.5, 0.6) is 5.75 Å². The Balaban J connectivity index is 1.52. The molecule has 1 amide bonds. The monoisotopic (exact) mass is 425 g/mol. The number of nitrogens with zero attached hydrogens (tertiary/aromatic N) is 2. The van der Waals surface area contributed by atoms with Crippen molar-refractivity contribution < 1.29 is 18.7 Å². The van der Waals surface area contributed by atoms with E-state index in [1.165, 1.54) is 4.57 Å². The van der Waals surface area contributed by atoms with Gasteiger partial charge in [-0.05, 0) is 36.8 Å². The lowest BCUT2D eigenvalue weighted by Gasteiger charge is -2.35. The Morgan fingerprint density at radius 1 is 1.13 bits per heavy atom. The second kappa shape index (κ2) is 9.36. The Morgan fingerprint density at radius 2 is 1.84 bits per heavy atom. The molecule has 1 aromatic heterocycles. The standard InChI is InChI=1S/C23H27N3O5/c1-16(26-19-5-3-4-6-21(19)31-23(26)28)22(27)24-15-20(25-11-13-30-14-12-25)17-7-9-18(29-2)10-8-17/h3-10,16,20H,11-15H2,1-2H3,(H,24,27). The van der Waals surface area contributed by atoms with Gasteiger partial charge in [-0.2, -0.15) is 0 Å². The minimum absolute atomic E-state index is 0.0104. The van der Waals surface area contributed by atoms with Crippen molar-refractivity contribution in [1.82, 2.24) is 14.8 Å². The molecule has 0 aliphatic carbocycles. The summed E-state index contributed by atoms with van der Waals surface area (Å²) in [5, 5.41) is 3.03. The third-order valence-corrected chi connectivity index (χ3v) is 5.74. The van der Waals surface area contributed by atoms with Crippen LogP contribution in [0.3, 0.4) is 0 Å². The van der Waals surface area contributed by atoms with E-state index in [4.69, 9.17) is 13.9 Å². The minimum Gasteiger partial charge on any atom is -0.497 e. The van der Waals surface area contributed by atoms with Crippen molar-refractivity contribution >= 4 is 17.0 Å². The number of aromatic nitrogens is 1. The molecule has 31 heavy (non-hydrogen) atoms. The molecule has 0 spiro atoms. The number of oxazole rings is 1. The van der Waals surface area contributed by atoms with Crippen LogP contribution in [0.25, 0.3) is 11.1 Å². The van der Waals surface area contributed by atoms with E-state index in [1.54, 1.807) is 32.2 Å². The second-order valence-corrected chi connectivity index (χ2v) is 7.56. The summed E-state index contributed by atoms with van der Waals surface area (Å²) in [4.78, 5) is 27.6. The summed E-state index contributed by atoms with van der Waals surface area (Å²) >= 11 is 0. The number of carbonyl (C=O) groups is 1. The van der Waals surface area contributed by atoms with Crippen LogP contribution < -0.4 is 15.8 Å². The molecule has 1 fully saturated rings. The van der Waals surface area contributed by atoms with E-state index in [0.717, 1.165) is 24.4 Å². The topological polar surface area (TPSA) is 85.9 Å². The van der Waals surface area contributed by atoms with Crippen LogP contribution in [0.1, 0.15) is 24.6 Å². The molecule has 8 heteroatoms. The van der Waals surface area contributed by atoms with Crippen LogP contribution in [0.2, 0.25) is 0 Å². The highest BCUT2D eigenvalue weighted by Gasteiger charge is 2.26. The summed E-state index contributed by atoms with van der Waals surface area (Å²) in [6.45, 7) is 5.01. The third kappa shape index (κ3) is 4.50. The van der Waals surface area contributed by atoms with Gasteiger partial charge in [0.15, 0.2) is 5.58 Å². The molecule has 8 nitrogen and oxygen atoms in total. The zero-order valence-corrected chi connectivity index (χ0v) is 17.7. The van der Waals surface area contributed by atoms with Crippen molar-refractivity contribution in [2.24, 2.45) is 0 Å². The first-order chi connectivity index (χ1) is 15.1. The van der Waals surface area contributed by atoms with Crippen LogP contribution in [-0.4, -0.2) is 55.3 Å². The number of methoxy groups -OCH3 is 1. The number of amides is 1. The number of fused-ring (bicyclic) bond motifs is 1. The van der Waals surface area contributed by atoms with E-state index < -0.39 is 11.8 Å². The van der Waals surface area contributed by atoms with E-state index in [-0.39, 0.29) is 11.9 Å². The van der Waals surface area contributed by atoms with Crippen molar-refractivity contribution in [3.05, 3.63) is 64.6 Å². The van der Waals surface area contributed by atoms with Gasteiger partial charge in [0.05, 0.1) is 31.9 Å². The summed E-state index contributed by atoms with van der Waals surface area (Å²) in [5.74, 6) is 0.0116. The van der Waals surface area contributed by atoms with Crippen molar-refractivity contribution in [1.29, 1.82) is 0 Å². The van der Waals surface area contributed by atoms with E-state index in [9.17, 15) is 9.59 Å². The molecule has 2 heterocycles. The molecule has 2 aromatic carbocycles. The fraction of sp³-hybridized carbons (Fsp3) is 0.391. The van der Waals surface area contributed by atoms with E-state index >= 15 is 0 Å². The van der Waals surface area contributed by atoms with Gasteiger partial charge >= 0.3 is 5.76 Å². The van der Waals surface area contributed by atoms with Crippen molar-refractivity contribution in [3.8, 4) is 5.75 Å². The average Bonchev–Trinajstić information content (AvgIpc) is 3.15. The number of carbonyl (C=O) groups excluding carboxylic acids is 1. The number of hydrogen-bond acceptors (Lipinski definition) is 6. The van der Waals surface area contributed by atoms with Gasteiger partial charge in [-0.1, -0.05) is 24.3 Å². The maximum Gasteiger partial charge on any atom is 0.420 e. The van der Waals surface area contributed by atoms with E-state index in [1.807, 2.05) is 30.3 Å². The predicted molar refractivity (Wildman–Crippen MR) is 116 cm³/mol. The molecule has 2 atom stereocenters. The fourth-order valence-electron chi connectivity index (χ4n) is 3.99. The van der Waals surface area contributed by atoms with Gasteiger partial charge in [-0.3, -0.25) is 14.3 Å². The molecular weight excluding hydrogens is 398 g/mol. The molecule has 3 aromatic rings. The molecular formula is C23H27N3O5. The molecule has 1 aliphatic heterocycles. The number of hydrogen-bond donors (Lipinski definition) is 1. The second-order valence-electron chi connectivity index (χ2n) is 7.56. The Labute approximate surface area is 180 Å². The maximum atomic E-state index is 13.0. The molecule has 4 rings (SSSR count). The third-order valence-electron chi connectivity index (χ3n) is 5.74. The summed E-state index contributed by atoms with van der Waals surface area (Å²) in [5.41, 5.74) is 2.16. The molecule has 0 radical (unpaired) electrons. The lowest BCUT2D eigenvalue weighted by atomic mass is 10.0. The number of ether oxygens (including phenoxy) is 2. The highest BCUT2D eigenvalue weighted by molar-refractivity contribution is 5.82. The highest BCUT2D eigenvalue weighted by atomic mass is 16.5. The van der Waals surface area contributed by atoms with Gasteiger partial charge in [0.1, 0.15) is 11.8 Å². The molecule has 1 aliphatic rings. The Bertz CT molecular complexity index is 1080. The number of rotatable bonds is 7. The van der Waals surface area contributed by atoms with Crippen molar-refractivity contribution in [2.45, 2.75) is 19.0 Å². The number of morpholine rings is 1. The normalized spacial score (nSPS) is 16.7. The van der Waals surface area contributed by atoms with Crippen LogP contribution in [0.4, 0.5) is 0 Å². The van der Waals surface area contributed by atoms with Crippen LogP contribution in [-0.2, 0) is 9.53 Å². The quantitative estimate of drug-likeness (QED) is 0.626. The predicted octanol–water partition coefficient (Wildman–Crippen LogP) is 2.35. The highest BCUT2D eigenvalue weighted by Crippen LogP contribution is 2.24. The van der Waals surface area contributed by atoms with Gasteiger partial charge in [-0.25, -0.2) is 4.79 Å². The summed E-state index contributed by atoms with van der Waals surface area (Å²) in [6, 6.07) is 14.3. The SMILES string of the molecule is COc1ccc(C(CNC(=O)C(C)n2c(=O)oc3ccccc32)N2CCOCC2)cc1. The molecule has 1 N–H and O–H groups in total. The largest absolute Gasteiger partial charge is 0.497 e. The summed E-state index contributed by atoms with van der Waals surface area (Å²) in [7, 11) is 1.64. The lowest BCUT2D eigenvalue weighted by Crippen LogP contribution is -2.45. The maximum absolute atomic E-state index is 13.0. The first-order valence-corrected chi connectivity index (χ1v) is 10.4. The Kier molecular flexibility index (Phi) is 6.39. The zero-order chi connectivity index (χ0) is 21.8. The minimum atomic E-state index is -0.697. The zero-order valence-electron chi connectivity index (χ0n) is 17.7. The van der Waals surface area contributed by atoms with Crippen LogP contribution >= 0.6 is 0 Å². The van der Waals surface area contributed by atoms with Gasteiger partial charge in [0, 0.05) is 19.6 Å². The first-order valence-electron chi connectivity index (χ1n) is 10.4. The molecule has 1 saturated heterocycles. The molecule has 2 unspecified atom stereocenters. The average molecular weight is 425 g/mol. The number of benzene rings is 2. The van der Waals surface area contributed by atoms with Gasteiger partial charge in [-0.15, -0.1) is 0 Å². The van der Waals surface area contributed by atoms with Gasteiger partial charge in [0.25, 0.3) is 0 Å². The molecule has 0 saturated carbocycles. The molecule has 0 bridgehead atoms. The van der Waals surface area contributed by atoms with Crippen molar-refractivity contribution in [2.75, 3.05) is 40.0 Å². The van der Waals surface area contributed by atoms with Gasteiger partial charge in [0.2, 0.25) is 5.91 Å². The fourth-order valence-corrected chi connectivity index (χ4v) is 3.99.